The van der Waals surface area contributed by atoms with Gasteiger partial charge in [0.2, 0.25) is 5.91 Å². The molecule has 0 fully saturated rings. The monoisotopic (exact) mass is 319 g/mol. The molecule has 5 heteroatoms. The third-order valence-electron chi connectivity index (χ3n) is 2.93. The molecule has 0 spiro atoms. The number of halogens is 1. The number of amides is 1. The highest BCUT2D eigenvalue weighted by Gasteiger charge is 2.20. The summed E-state index contributed by atoms with van der Waals surface area (Å²) in [6.45, 7) is 5.80. The van der Waals surface area contributed by atoms with Crippen LogP contribution < -0.4 is 5.32 Å². The van der Waals surface area contributed by atoms with Crippen LogP contribution in [-0.2, 0) is 4.79 Å². The summed E-state index contributed by atoms with van der Waals surface area (Å²) in [5.41, 5.74) is 0. The Morgan fingerprint density at radius 1 is 1.47 bits per heavy atom. The van der Waals surface area contributed by atoms with Crippen molar-refractivity contribution in [2.75, 3.05) is 6.61 Å². The average Bonchev–Trinajstić information content (AvgIpc) is 2.73. The summed E-state index contributed by atoms with van der Waals surface area (Å²) in [6.07, 6.45) is 0. The molecular weight excluding hydrogens is 302 g/mol. The minimum Gasteiger partial charge on any atom is -0.396 e. The molecule has 3 nitrogen and oxygen atoms in total. The van der Waals surface area contributed by atoms with Gasteiger partial charge in [0.1, 0.15) is 0 Å². The number of thiophene rings is 1. The zero-order chi connectivity index (χ0) is 13.0. The number of rotatable bonds is 5. The van der Waals surface area contributed by atoms with Crippen LogP contribution >= 0.6 is 27.3 Å². The molecule has 1 aromatic rings. The molecule has 1 rings (SSSR count). The molecule has 2 N–H and O–H groups in total. The first kappa shape index (κ1) is 14.7. The fourth-order valence-corrected chi connectivity index (χ4v) is 2.81. The van der Waals surface area contributed by atoms with Crippen LogP contribution in [-0.4, -0.2) is 23.7 Å². The summed E-state index contributed by atoms with van der Waals surface area (Å²) in [7, 11) is 0. The van der Waals surface area contributed by atoms with E-state index in [1.807, 2.05) is 32.9 Å². The Bertz CT molecular complexity index is 380. The van der Waals surface area contributed by atoms with Crippen LogP contribution in [0.15, 0.2) is 15.9 Å². The number of aliphatic hydroxyl groups excluding tert-OH is 1. The van der Waals surface area contributed by atoms with E-state index in [-0.39, 0.29) is 30.4 Å². The van der Waals surface area contributed by atoms with Crippen LogP contribution in [0.25, 0.3) is 0 Å². The summed E-state index contributed by atoms with van der Waals surface area (Å²) < 4.78 is 1.03. The molecule has 1 amide bonds. The summed E-state index contributed by atoms with van der Waals surface area (Å²) in [6, 6.07) is 3.89. The van der Waals surface area contributed by atoms with Crippen LogP contribution in [0.5, 0.6) is 0 Å². The summed E-state index contributed by atoms with van der Waals surface area (Å²) >= 11 is 4.96. The Hall–Kier alpha value is -0.390. The highest BCUT2D eigenvalue weighted by atomic mass is 79.9. The van der Waals surface area contributed by atoms with E-state index in [0.29, 0.717) is 0 Å². The highest BCUT2D eigenvalue weighted by Crippen LogP contribution is 2.28. The van der Waals surface area contributed by atoms with Crippen LogP contribution in [0.3, 0.4) is 0 Å². The highest BCUT2D eigenvalue weighted by molar-refractivity contribution is 9.11. The number of carbonyl (C=O) groups excluding carboxylic acids is 1. The molecule has 1 aromatic heterocycles. The van der Waals surface area contributed by atoms with E-state index in [1.54, 1.807) is 11.3 Å². The predicted molar refractivity (Wildman–Crippen MR) is 74.3 cm³/mol. The Morgan fingerprint density at radius 2 is 2.12 bits per heavy atom. The molecule has 3 atom stereocenters. The van der Waals surface area contributed by atoms with E-state index < -0.39 is 0 Å². The van der Waals surface area contributed by atoms with Gasteiger partial charge in [0, 0.05) is 17.5 Å². The number of hydrogen-bond donors (Lipinski definition) is 2. The zero-order valence-electron chi connectivity index (χ0n) is 10.2. The molecule has 0 saturated carbocycles. The Labute approximate surface area is 114 Å². The minimum atomic E-state index is -0.153. The van der Waals surface area contributed by atoms with Gasteiger partial charge in [-0.15, -0.1) is 11.3 Å². The lowest BCUT2D eigenvalue weighted by atomic mass is 10.0. The maximum Gasteiger partial charge on any atom is 0.228 e. The van der Waals surface area contributed by atoms with Crippen LogP contribution in [0, 0.1) is 5.92 Å². The van der Waals surface area contributed by atoms with Crippen molar-refractivity contribution in [2.45, 2.75) is 32.7 Å². The van der Waals surface area contributed by atoms with Gasteiger partial charge in [-0.3, -0.25) is 4.79 Å². The molecule has 0 aliphatic carbocycles. The van der Waals surface area contributed by atoms with E-state index in [0.717, 1.165) is 8.66 Å². The fraction of sp³-hybridized carbons (Fsp3) is 0.583. The smallest absolute Gasteiger partial charge is 0.228 e. The Balaban J connectivity index is 2.58. The van der Waals surface area contributed by atoms with Gasteiger partial charge in [-0.25, -0.2) is 0 Å². The second-order valence-corrected chi connectivity index (χ2v) is 6.82. The largest absolute Gasteiger partial charge is 0.396 e. The van der Waals surface area contributed by atoms with Crippen molar-refractivity contribution in [3.8, 4) is 0 Å². The van der Waals surface area contributed by atoms with Gasteiger partial charge in [0.15, 0.2) is 0 Å². The topological polar surface area (TPSA) is 49.3 Å². The van der Waals surface area contributed by atoms with Crippen molar-refractivity contribution in [3.63, 3.8) is 0 Å². The average molecular weight is 320 g/mol. The Kier molecular flexibility index (Phi) is 5.62. The van der Waals surface area contributed by atoms with Gasteiger partial charge in [-0.1, -0.05) is 6.92 Å². The quantitative estimate of drug-likeness (QED) is 0.876. The van der Waals surface area contributed by atoms with Gasteiger partial charge in [0.05, 0.1) is 9.70 Å². The van der Waals surface area contributed by atoms with Crippen LogP contribution in [0.1, 0.15) is 31.6 Å². The molecule has 0 radical (unpaired) electrons. The number of hydrogen-bond acceptors (Lipinski definition) is 3. The summed E-state index contributed by atoms with van der Waals surface area (Å²) in [5.74, 6) is -0.0759. The lowest BCUT2D eigenvalue weighted by Crippen LogP contribution is -2.40. The van der Waals surface area contributed by atoms with E-state index in [4.69, 9.17) is 5.11 Å². The second-order valence-electron chi connectivity index (χ2n) is 4.32. The van der Waals surface area contributed by atoms with Crippen molar-refractivity contribution < 1.29 is 9.90 Å². The molecule has 1 heterocycles. The van der Waals surface area contributed by atoms with Gasteiger partial charge in [-0.2, -0.15) is 0 Å². The molecule has 3 unspecified atom stereocenters. The van der Waals surface area contributed by atoms with E-state index >= 15 is 0 Å². The van der Waals surface area contributed by atoms with Crippen molar-refractivity contribution in [2.24, 2.45) is 5.92 Å². The Morgan fingerprint density at radius 3 is 2.59 bits per heavy atom. The van der Waals surface area contributed by atoms with Crippen LogP contribution in [0.2, 0.25) is 0 Å². The fourth-order valence-electron chi connectivity index (χ4n) is 1.34. The standard InChI is InChI=1S/C12H18BrNO2S/c1-7(6-15)9(3)14-12(16)8(2)10-4-5-11(13)17-10/h4-5,7-9,15H,6H2,1-3H3,(H,14,16). The number of aliphatic hydroxyl groups is 1. The molecule has 0 aromatic carbocycles. The lowest BCUT2D eigenvalue weighted by molar-refractivity contribution is -0.123. The normalized spacial score (nSPS) is 16.3. The molecule has 0 saturated heterocycles. The van der Waals surface area contributed by atoms with E-state index in [1.165, 1.54) is 0 Å². The number of nitrogens with one attached hydrogen (secondary N) is 1. The van der Waals surface area contributed by atoms with Crippen molar-refractivity contribution in [1.29, 1.82) is 0 Å². The molecule has 0 aliphatic rings. The van der Waals surface area contributed by atoms with Crippen molar-refractivity contribution in [1.82, 2.24) is 5.32 Å². The van der Waals surface area contributed by atoms with Gasteiger partial charge in [-0.05, 0) is 47.8 Å². The molecular formula is C12H18BrNO2S. The zero-order valence-corrected chi connectivity index (χ0v) is 12.6. The minimum absolute atomic E-state index is 0.00662. The SMILES string of the molecule is CC(C(=O)NC(C)C(C)CO)c1ccc(Br)s1. The first-order chi connectivity index (χ1) is 7.95. The molecule has 0 bridgehead atoms. The summed E-state index contributed by atoms with van der Waals surface area (Å²) in [4.78, 5) is 13.0. The molecule has 96 valence electrons. The third kappa shape index (κ3) is 4.08. The van der Waals surface area contributed by atoms with Crippen molar-refractivity contribution >= 4 is 33.2 Å². The van der Waals surface area contributed by atoms with Crippen LogP contribution in [0.4, 0.5) is 0 Å². The summed E-state index contributed by atoms with van der Waals surface area (Å²) in [5, 5.41) is 12.0. The maximum absolute atomic E-state index is 12.0. The lowest BCUT2D eigenvalue weighted by Gasteiger charge is -2.21. The predicted octanol–water partition coefficient (Wildman–Crippen LogP) is 2.75. The maximum atomic E-state index is 12.0. The second kappa shape index (κ2) is 6.52. The first-order valence-corrected chi connectivity index (χ1v) is 7.23. The molecule has 17 heavy (non-hydrogen) atoms. The van der Waals surface area contributed by atoms with E-state index in [9.17, 15) is 4.79 Å². The number of carbonyl (C=O) groups is 1. The van der Waals surface area contributed by atoms with Gasteiger partial charge < -0.3 is 10.4 Å². The molecule has 0 aliphatic heterocycles. The van der Waals surface area contributed by atoms with Crippen molar-refractivity contribution in [3.05, 3.63) is 20.8 Å². The van der Waals surface area contributed by atoms with Gasteiger partial charge in [0.25, 0.3) is 0 Å². The van der Waals surface area contributed by atoms with Gasteiger partial charge >= 0.3 is 0 Å². The third-order valence-corrected chi connectivity index (χ3v) is 4.73. The van der Waals surface area contributed by atoms with E-state index in [2.05, 4.69) is 21.2 Å². The first-order valence-electron chi connectivity index (χ1n) is 5.62.